The Kier molecular flexibility index (Phi) is 3.61. The zero-order valence-electron chi connectivity index (χ0n) is 10.0. The smallest absolute Gasteiger partial charge is 0.321 e. The molecule has 0 spiro atoms. The number of nitrogens with zero attached hydrogens (tertiary/aromatic N) is 1. The highest BCUT2D eigenvalue weighted by Gasteiger charge is 2.16. The van der Waals surface area contributed by atoms with E-state index in [0.717, 1.165) is 31.5 Å². The maximum absolute atomic E-state index is 13.1. The van der Waals surface area contributed by atoms with Crippen LogP contribution in [0.15, 0.2) is 18.2 Å². The van der Waals surface area contributed by atoms with Gasteiger partial charge < -0.3 is 10.2 Å². The molecule has 1 heterocycles. The molecule has 1 saturated heterocycles. The Hall–Kier alpha value is -1.58. The number of likely N-dealkylation sites (tertiary alicyclic amines) is 1. The molecule has 1 aliphatic rings. The molecule has 0 unspecified atom stereocenters. The molecule has 0 aliphatic carbocycles. The zero-order valence-corrected chi connectivity index (χ0v) is 10.0. The molecule has 92 valence electrons. The summed E-state index contributed by atoms with van der Waals surface area (Å²) in [4.78, 5) is 13.7. The summed E-state index contributed by atoms with van der Waals surface area (Å²) in [6.07, 6.45) is 3.29. The van der Waals surface area contributed by atoms with E-state index >= 15 is 0 Å². The lowest BCUT2D eigenvalue weighted by atomic mass is 10.1. The number of amides is 2. The van der Waals surface area contributed by atoms with Crippen LogP contribution in [0.25, 0.3) is 0 Å². The van der Waals surface area contributed by atoms with Gasteiger partial charge in [0.25, 0.3) is 0 Å². The average Bonchev–Trinajstić information content (AvgIpc) is 2.35. The molecule has 2 amide bonds. The van der Waals surface area contributed by atoms with Crippen molar-refractivity contribution in [3.63, 3.8) is 0 Å². The molecule has 1 aromatic carbocycles. The van der Waals surface area contributed by atoms with Gasteiger partial charge in [0.15, 0.2) is 0 Å². The summed E-state index contributed by atoms with van der Waals surface area (Å²) in [6, 6.07) is 4.29. The fourth-order valence-electron chi connectivity index (χ4n) is 2.02. The number of benzene rings is 1. The number of nitrogens with one attached hydrogen (secondary N) is 1. The first kappa shape index (κ1) is 11.9. The van der Waals surface area contributed by atoms with Crippen molar-refractivity contribution in [2.45, 2.75) is 26.2 Å². The van der Waals surface area contributed by atoms with Crippen LogP contribution in [-0.2, 0) is 0 Å². The number of piperidine rings is 1. The molecule has 2 rings (SSSR count). The van der Waals surface area contributed by atoms with Crippen LogP contribution in [0.5, 0.6) is 0 Å². The van der Waals surface area contributed by atoms with Gasteiger partial charge in [0.1, 0.15) is 5.82 Å². The third kappa shape index (κ3) is 2.96. The highest BCUT2D eigenvalue weighted by molar-refractivity contribution is 5.90. The summed E-state index contributed by atoms with van der Waals surface area (Å²) in [5.41, 5.74) is 1.43. The van der Waals surface area contributed by atoms with Gasteiger partial charge in [0.05, 0.1) is 0 Å². The molecule has 1 N–H and O–H groups in total. The zero-order chi connectivity index (χ0) is 12.3. The highest BCUT2D eigenvalue weighted by atomic mass is 19.1. The summed E-state index contributed by atoms with van der Waals surface area (Å²) >= 11 is 0. The molecular weight excluding hydrogens is 219 g/mol. The van der Waals surface area contributed by atoms with Gasteiger partial charge in [-0.05, 0) is 43.9 Å². The van der Waals surface area contributed by atoms with Crippen LogP contribution in [0.2, 0.25) is 0 Å². The summed E-state index contributed by atoms with van der Waals surface area (Å²) in [7, 11) is 0. The largest absolute Gasteiger partial charge is 0.325 e. The molecule has 0 atom stereocenters. The quantitative estimate of drug-likeness (QED) is 0.798. The molecule has 1 fully saturated rings. The van der Waals surface area contributed by atoms with Crippen LogP contribution in [0.3, 0.4) is 0 Å². The second-order valence-corrected chi connectivity index (χ2v) is 4.44. The van der Waals surface area contributed by atoms with E-state index in [9.17, 15) is 9.18 Å². The van der Waals surface area contributed by atoms with E-state index < -0.39 is 0 Å². The summed E-state index contributed by atoms with van der Waals surface area (Å²) in [5, 5.41) is 2.77. The predicted octanol–water partition coefficient (Wildman–Crippen LogP) is 3.15. The van der Waals surface area contributed by atoms with Crippen molar-refractivity contribution in [3.8, 4) is 0 Å². The predicted molar refractivity (Wildman–Crippen MR) is 65.6 cm³/mol. The number of hydrogen-bond donors (Lipinski definition) is 1. The normalized spacial score (nSPS) is 15.8. The molecule has 1 aromatic rings. The van der Waals surface area contributed by atoms with Gasteiger partial charge in [0.2, 0.25) is 0 Å². The lowest BCUT2D eigenvalue weighted by molar-refractivity contribution is 0.200. The van der Waals surface area contributed by atoms with Crippen LogP contribution < -0.4 is 5.32 Å². The van der Waals surface area contributed by atoms with Gasteiger partial charge in [-0.15, -0.1) is 0 Å². The first-order valence-electron chi connectivity index (χ1n) is 5.99. The molecular formula is C13H17FN2O. The molecule has 17 heavy (non-hydrogen) atoms. The number of anilines is 1. The van der Waals surface area contributed by atoms with Crippen LogP contribution in [-0.4, -0.2) is 24.0 Å². The molecule has 3 nitrogen and oxygen atoms in total. The number of carbonyl (C=O) groups is 1. The average molecular weight is 236 g/mol. The Balaban J connectivity index is 2.04. The topological polar surface area (TPSA) is 32.3 Å². The number of rotatable bonds is 1. The first-order valence-corrected chi connectivity index (χ1v) is 5.99. The van der Waals surface area contributed by atoms with Crippen LogP contribution in [0.1, 0.15) is 24.8 Å². The minimum atomic E-state index is -0.329. The van der Waals surface area contributed by atoms with E-state index in [0.29, 0.717) is 5.69 Å². The molecule has 0 saturated carbocycles. The van der Waals surface area contributed by atoms with Gasteiger partial charge in [0, 0.05) is 18.8 Å². The molecule has 4 heteroatoms. The fraction of sp³-hybridized carbons (Fsp3) is 0.462. The van der Waals surface area contributed by atoms with Gasteiger partial charge in [-0.25, -0.2) is 9.18 Å². The third-order valence-electron chi connectivity index (χ3n) is 3.08. The lowest BCUT2D eigenvalue weighted by Gasteiger charge is -2.27. The number of urea groups is 1. The molecule has 1 aliphatic heterocycles. The second kappa shape index (κ2) is 5.17. The maximum Gasteiger partial charge on any atom is 0.321 e. The molecule has 0 bridgehead atoms. The molecule has 0 aromatic heterocycles. The summed E-state index contributed by atoms with van der Waals surface area (Å²) < 4.78 is 13.1. The monoisotopic (exact) mass is 236 g/mol. The van der Waals surface area contributed by atoms with Crippen molar-refractivity contribution in [1.29, 1.82) is 0 Å². The van der Waals surface area contributed by atoms with Crippen LogP contribution in [0.4, 0.5) is 14.9 Å². The highest BCUT2D eigenvalue weighted by Crippen LogP contribution is 2.17. The van der Waals surface area contributed by atoms with Crippen molar-refractivity contribution >= 4 is 11.7 Å². The lowest BCUT2D eigenvalue weighted by Crippen LogP contribution is -2.38. The number of aryl methyl sites for hydroxylation is 1. The molecule has 0 radical (unpaired) electrons. The minimum absolute atomic E-state index is 0.126. The van der Waals surface area contributed by atoms with Gasteiger partial charge in [-0.3, -0.25) is 0 Å². The van der Waals surface area contributed by atoms with Crippen molar-refractivity contribution < 1.29 is 9.18 Å². The number of carbonyl (C=O) groups excluding carboxylic acids is 1. The van der Waals surface area contributed by atoms with E-state index in [1.54, 1.807) is 11.0 Å². The Morgan fingerprint density at radius 1 is 1.29 bits per heavy atom. The Morgan fingerprint density at radius 2 is 2.00 bits per heavy atom. The van der Waals surface area contributed by atoms with Crippen molar-refractivity contribution in [3.05, 3.63) is 29.6 Å². The fourth-order valence-corrected chi connectivity index (χ4v) is 2.02. The summed E-state index contributed by atoms with van der Waals surface area (Å²) in [5.74, 6) is -0.329. The van der Waals surface area contributed by atoms with E-state index in [-0.39, 0.29) is 11.8 Å². The van der Waals surface area contributed by atoms with Gasteiger partial charge in [-0.1, -0.05) is 6.07 Å². The van der Waals surface area contributed by atoms with E-state index in [1.807, 2.05) is 6.92 Å². The Morgan fingerprint density at radius 3 is 2.71 bits per heavy atom. The van der Waals surface area contributed by atoms with E-state index in [2.05, 4.69) is 5.32 Å². The third-order valence-corrected chi connectivity index (χ3v) is 3.08. The number of hydrogen-bond acceptors (Lipinski definition) is 1. The Labute approximate surface area is 101 Å². The van der Waals surface area contributed by atoms with E-state index in [4.69, 9.17) is 0 Å². The van der Waals surface area contributed by atoms with Crippen LogP contribution in [0, 0.1) is 12.7 Å². The SMILES string of the molecule is Cc1ccc(F)cc1NC(=O)N1CCCCC1. The van der Waals surface area contributed by atoms with E-state index in [1.165, 1.54) is 18.6 Å². The Bertz CT molecular complexity index is 414. The standard InChI is InChI=1S/C13H17FN2O/c1-10-5-6-11(14)9-12(10)15-13(17)16-7-3-2-4-8-16/h5-6,9H,2-4,7-8H2,1H3,(H,15,17). The van der Waals surface area contributed by atoms with Crippen LogP contribution >= 0.6 is 0 Å². The minimum Gasteiger partial charge on any atom is -0.325 e. The summed E-state index contributed by atoms with van der Waals surface area (Å²) in [6.45, 7) is 3.44. The van der Waals surface area contributed by atoms with Gasteiger partial charge >= 0.3 is 6.03 Å². The second-order valence-electron chi connectivity index (χ2n) is 4.44. The number of halogens is 1. The maximum atomic E-state index is 13.1. The van der Waals surface area contributed by atoms with Crippen molar-refractivity contribution in [2.24, 2.45) is 0 Å². The first-order chi connectivity index (χ1) is 8.16. The van der Waals surface area contributed by atoms with Gasteiger partial charge in [-0.2, -0.15) is 0 Å². The van der Waals surface area contributed by atoms with Crippen molar-refractivity contribution in [2.75, 3.05) is 18.4 Å². The van der Waals surface area contributed by atoms with Crippen molar-refractivity contribution in [1.82, 2.24) is 4.90 Å².